The van der Waals surface area contributed by atoms with Gasteiger partial charge in [-0.25, -0.2) is 0 Å². The van der Waals surface area contributed by atoms with Crippen LogP contribution < -0.4 is 4.90 Å². The van der Waals surface area contributed by atoms with Gasteiger partial charge in [-0.05, 0) is 76.7 Å². The Morgan fingerprint density at radius 1 is 0.347 bits per heavy atom. The number of para-hydroxylation sites is 2. The zero-order valence-electron chi connectivity index (χ0n) is 26.5. The lowest BCUT2D eigenvalue weighted by Gasteiger charge is -2.26. The summed E-state index contributed by atoms with van der Waals surface area (Å²) in [4.78, 5) is 2.35. The molecule has 0 spiro atoms. The summed E-state index contributed by atoms with van der Waals surface area (Å²) in [6.07, 6.45) is 0. The third-order valence-electron chi connectivity index (χ3n) is 9.66. The molecule has 0 aliphatic carbocycles. The summed E-state index contributed by atoms with van der Waals surface area (Å²) in [6, 6.07) is 63.1. The van der Waals surface area contributed by atoms with E-state index in [9.17, 15) is 0 Å². The van der Waals surface area contributed by atoms with Crippen molar-refractivity contribution in [2.24, 2.45) is 0 Å². The van der Waals surface area contributed by atoms with Gasteiger partial charge in [-0.3, -0.25) is 0 Å². The molecule has 10 rings (SSSR count). The van der Waals surface area contributed by atoms with Crippen molar-refractivity contribution in [1.82, 2.24) is 0 Å². The number of rotatable bonds is 5. The highest BCUT2D eigenvalue weighted by Crippen LogP contribution is 2.44. The summed E-state index contributed by atoms with van der Waals surface area (Å²) < 4.78 is 9.36. The summed E-state index contributed by atoms with van der Waals surface area (Å²) in [5.74, 6) is 0. The standard InChI is InChI=1S/C46H29NOS/c1-3-12-30(13-4-1)35-19-11-20-39-42-29-40(36-16-7-8-18-38(36)46(42)48-45(35)39)31-22-24-33(25-23-31)47(32-14-5-2-6-15-32)34-26-27-44-41(28-34)37-17-9-10-21-43(37)49-44/h1-29H. The Bertz CT molecular complexity index is 2810. The average molecular weight is 644 g/mol. The number of hydrogen-bond acceptors (Lipinski definition) is 3. The molecule has 0 saturated heterocycles. The van der Waals surface area contributed by atoms with E-state index in [1.165, 1.54) is 36.7 Å². The van der Waals surface area contributed by atoms with Gasteiger partial charge in [0, 0.05) is 59.0 Å². The van der Waals surface area contributed by atoms with Crippen LogP contribution in [0.2, 0.25) is 0 Å². The first kappa shape index (κ1) is 27.9. The molecule has 0 N–H and O–H groups in total. The van der Waals surface area contributed by atoms with Crippen LogP contribution in [0.15, 0.2) is 180 Å². The SMILES string of the molecule is c1ccc(-c2cccc3c2oc2c4ccccc4c(-c4ccc(N(c5ccccc5)c5ccc6sc7ccccc7c6c5)cc4)cc32)cc1. The fourth-order valence-corrected chi connectivity index (χ4v) is 8.46. The molecule has 2 aromatic heterocycles. The van der Waals surface area contributed by atoms with Crippen molar-refractivity contribution in [3.8, 4) is 22.3 Å². The first-order valence-corrected chi connectivity index (χ1v) is 17.4. The largest absolute Gasteiger partial charge is 0.455 e. The summed E-state index contributed by atoms with van der Waals surface area (Å²) in [5, 5.41) is 7.16. The molecule has 3 heteroatoms. The number of anilines is 3. The number of hydrogen-bond donors (Lipinski definition) is 0. The number of furan rings is 1. The van der Waals surface area contributed by atoms with Gasteiger partial charge >= 0.3 is 0 Å². The Morgan fingerprint density at radius 3 is 1.76 bits per heavy atom. The van der Waals surface area contributed by atoms with Crippen LogP contribution in [-0.4, -0.2) is 0 Å². The Morgan fingerprint density at radius 2 is 0.939 bits per heavy atom. The summed E-state index contributed by atoms with van der Waals surface area (Å²) >= 11 is 1.85. The zero-order valence-corrected chi connectivity index (χ0v) is 27.3. The zero-order chi connectivity index (χ0) is 32.3. The smallest absolute Gasteiger partial charge is 0.143 e. The Labute approximate surface area is 287 Å². The van der Waals surface area contributed by atoms with Crippen LogP contribution in [-0.2, 0) is 0 Å². The van der Waals surface area contributed by atoms with Crippen molar-refractivity contribution in [3.05, 3.63) is 176 Å². The highest BCUT2D eigenvalue weighted by atomic mass is 32.1. The second kappa shape index (κ2) is 11.2. The Kier molecular flexibility index (Phi) is 6.39. The van der Waals surface area contributed by atoms with Gasteiger partial charge in [0.25, 0.3) is 0 Å². The summed E-state index contributed by atoms with van der Waals surface area (Å²) in [5.41, 5.74) is 9.86. The van der Waals surface area contributed by atoms with E-state index in [0.29, 0.717) is 0 Å². The van der Waals surface area contributed by atoms with E-state index in [-0.39, 0.29) is 0 Å². The second-order valence-electron chi connectivity index (χ2n) is 12.5. The van der Waals surface area contributed by atoms with Gasteiger partial charge in [0.1, 0.15) is 11.2 Å². The van der Waals surface area contributed by atoms with Gasteiger partial charge in [-0.15, -0.1) is 11.3 Å². The minimum atomic E-state index is 0.926. The highest BCUT2D eigenvalue weighted by molar-refractivity contribution is 7.25. The van der Waals surface area contributed by atoms with Gasteiger partial charge in [0.05, 0.1) is 0 Å². The van der Waals surface area contributed by atoms with Crippen molar-refractivity contribution in [2.75, 3.05) is 4.90 Å². The molecule has 0 fully saturated rings. The quantitative estimate of drug-likeness (QED) is 0.186. The molecular weight excluding hydrogens is 615 g/mol. The molecular formula is C46H29NOS. The van der Waals surface area contributed by atoms with Crippen molar-refractivity contribution < 1.29 is 4.42 Å². The molecule has 0 amide bonds. The van der Waals surface area contributed by atoms with Crippen LogP contribution in [0.25, 0.3) is 75.1 Å². The van der Waals surface area contributed by atoms with E-state index in [1.54, 1.807) is 0 Å². The third kappa shape index (κ3) is 4.55. The predicted molar refractivity (Wildman–Crippen MR) is 210 cm³/mol. The van der Waals surface area contributed by atoms with Gasteiger partial charge in [-0.2, -0.15) is 0 Å². The van der Waals surface area contributed by atoms with Crippen LogP contribution in [0, 0.1) is 0 Å². The molecule has 0 unspecified atom stereocenters. The van der Waals surface area contributed by atoms with E-state index in [4.69, 9.17) is 4.42 Å². The molecule has 230 valence electrons. The molecule has 0 aliphatic rings. The fraction of sp³-hybridized carbons (Fsp3) is 0. The minimum absolute atomic E-state index is 0.926. The van der Waals surface area contributed by atoms with Crippen molar-refractivity contribution in [2.45, 2.75) is 0 Å². The molecule has 49 heavy (non-hydrogen) atoms. The molecule has 2 heterocycles. The number of thiophene rings is 1. The van der Waals surface area contributed by atoms with Crippen LogP contribution >= 0.6 is 11.3 Å². The van der Waals surface area contributed by atoms with Gasteiger partial charge in [-0.1, -0.05) is 121 Å². The molecule has 0 atom stereocenters. The topological polar surface area (TPSA) is 16.4 Å². The lowest BCUT2D eigenvalue weighted by molar-refractivity contribution is 0.674. The maximum atomic E-state index is 6.74. The van der Waals surface area contributed by atoms with Crippen LogP contribution in [0.4, 0.5) is 17.1 Å². The normalized spacial score (nSPS) is 11.7. The summed E-state index contributed by atoms with van der Waals surface area (Å²) in [6.45, 7) is 0. The maximum absolute atomic E-state index is 6.74. The van der Waals surface area contributed by atoms with E-state index >= 15 is 0 Å². The molecule has 8 aromatic carbocycles. The van der Waals surface area contributed by atoms with E-state index in [2.05, 4.69) is 181 Å². The first-order chi connectivity index (χ1) is 24.3. The third-order valence-corrected chi connectivity index (χ3v) is 10.8. The average Bonchev–Trinajstić information content (AvgIpc) is 3.74. The maximum Gasteiger partial charge on any atom is 0.143 e. The second-order valence-corrected chi connectivity index (χ2v) is 13.6. The number of fused-ring (bicyclic) bond motifs is 8. The fourth-order valence-electron chi connectivity index (χ4n) is 7.37. The van der Waals surface area contributed by atoms with Gasteiger partial charge < -0.3 is 9.32 Å². The Balaban J connectivity index is 1.13. The predicted octanol–water partition coefficient (Wildman–Crippen LogP) is 13.9. The number of benzene rings is 8. The van der Waals surface area contributed by atoms with Crippen LogP contribution in [0.1, 0.15) is 0 Å². The van der Waals surface area contributed by atoms with Gasteiger partial charge in [0.2, 0.25) is 0 Å². The monoisotopic (exact) mass is 643 g/mol. The summed E-state index contributed by atoms with van der Waals surface area (Å²) in [7, 11) is 0. The molecule has 0 radical (unpaired) electrons. The molecule has 2 nitrogen and oxygen atoms in total. The van der Waals surface area contributed by atoms with Gasteiger partial charge in [0.15, 0.2) is 0 Å². The van der Waals surface area contributed by atoms with Crippen molar-refractivity contribution in [1.29, 1.82) is 0 Å². The lowest BCUT2D eigenvalue weighted by atomic mass is 9.94. The number of nitrogens with zero attached hydrogens (tertiary/aromatic N) is 1. The van der Waals surface area contributed by atoms with E-state index in [0.717, 1.165) is 55.5 Å². The molecule has 0 aliphatic heterocycles. The molecule has 0 bridgehead atoms. The van der Waals surface area contributed by atoms with Crippen molar-refractivity contribution >= 4 is 81.3 Å². The Hall–Kier alpha value is -6.16. The van der Waals surface area contributed by atoms with Crippen molar-refractivity contribution in [3.63, 3.8) is 0 Å². The highest BCUT2D eigenvalue weighted by Gasteiger charge is 2.19. The van der Waals surface area contributed by atoms with Crippen LogP contribution in [0.3, 0.4) is 0 Å². The molecule has 10 aromatic rings. The minimum Gasteiger partial charge on any atom is -0.455 e. The van der Waals surface area contributed by atoms with Crippen LogP contribution in [0.5, 0.6) is 0 Å². The lowest BCUT2D eigenvalue weighted by Crippen LogP contribution is -2.09. The van der Waals surface area contributed by atoms with E-state index in [1.807, 2.05) is 11.3 Å². The molecule has 0 saturated carbocycles. The first-order valence-electron chi connectivity index (χ1n) is 16.6. The van der Waals surface area contributed by atoms with E-state index < -0.39 is 0 Å².